The van der Waals surface area contributed by atoms with Gasteiger partial charge >= 0.3 is 6.09 Å². The van der Waals surface area contributed by atoms with E-state index in [1.54, 1.807) is 12.1 Å². The van der Waals surface area contributed by atoms with E-state index in [4.69, 9.17) is 16.3 Å². The molecule has 1 amide bonds. The summed E-state index contributed by atoms with van der Waals surface area (Å²) in [4.78, 5) is 16.8. The smallest absolute Gasteiger partial charge is 0.407 e. The molecule has 3 aliphatic rings. The Kier molecular flexibility index (Phi) is 3.22. The quantitative estimate of drug-likeness (QED) is 0.906. The minimum Gasteiger partial charge on any atom is -0.472 e. The van der Waals surface area contributed by atoms with Crippen LogP contribution in [0.1, 0.15) is 19.3 Å². The van der Waals surface area contributed by atoms with Crippen LogP contribution in [0.3, 0.4) is 0 Å². The molecule has 0 aromatic carbocycles. The lowest BCUT2D eigenvalue weighted by molar-refractivity contribution is -0.0326. The molecule has 6 heteroatoms. The SMILES string of the molecule is O=C(O)N1CC2CCC1C(Oc1ccc(Cl)cn1)C2. The highest BCUT2D eigenvalue weighted by Crippen LogP contribution is 2.37. The van der Waals surface area contributed by atoms with Crippen molar-refractivity contribution >= 4 is 17.7 Å². The fraction of sp³-hybridized carbons (Fsp3) is 0.538. The van der Waals surface area contributed by atoms with Crippen LogP contribution in [0.4, 0.5) is 4.79 Å². The van der Waals surface area contributed by atoms with Crippen LogP contribution >= 0.6 is 11.6 Å². The predicted molar refractivity (Wildman–Crippen MR) is 69.5 cm³/mol. The zero-order valence-corrected chi connectivity index (χ0v) is 11.1. The third-order valence-electron chi connectivity index (χ3n) is 3.94. The number of nitrogens with zero attached hydrogens (tertiary/aromatic N) is 2. The van der Waals surface area contributed by atoms with Gasteiger partial charge in [0.25, 0.3) is 0 Å². The molecule has 2 bridgehead atoms. The van der Waals surface area contributed by atoms with E-state index < -0.39 is 6.09 Å². The van der Waals surface area contributed by atoms with Crippen LogP contribution in [-0.4, -0.2) is 39.8 Å². The van der Waals surface area contributed by atoms with Crippen LogP contribution < -0.4 is 4.74 Å². The molecule has 1 aromatic rings. The monoisotopic (exact) mass is 282 g/mol. The first-order valence-corrected chi connectivity index (χ1v) is 6.79. The molecule has 3 unspecified atom stereocenters. The lowest BCUT2D eigenvalue weighted by atomic mass is 9.78. The van der Waals surface area contributed by atoms with Gasteiger partial charge in [-0.1, -0.05) is 11.6 Å². The second kappa shape index (κ2) is 4.89. The Morgan fingerprint density at radius 1 is 1.47 bits per heavy atom. The van der Waals surface area contributed by atoms with Crippen LogP contribution in [-0.2, 0) is 0 Å². The van der Waals surface area contributed by atoms with Gasteiger partial charge in [-0.05, 0) is 31.2 Å². The summed E-state index contributed by atoms with van der Waals surface area (Å²) in [7, 11) is 0. The minimum atomic E-state index is -0.855. The summed E-state index contributed by atoms with van der Waals surface area (Å²) in [6, 6.07) is 3.38. The number of rotatable bonds is 2. The predicted octanol–water partition coefficient (Wildman–Crippen LogP) is 2.64. The van der Waals surface area contributed by atoms with Crippen molar-refractivity contribution in [3.05, 3.63) is 23.4 Å². The number of carboxylic acid groups (broad SMARTS) is 1. The second-order valence-electron chi connectivity index (χ2n) is 5.15. The Morgan fingerprint density at radius 2 is 2.32 bits per heavy atom. The summed E-state index contributed by atoms with van der Waals surface area (Å²) in [6.07, 6.45) is 3.44. The van der Waals surface area contributed by atoms with Crippen molar-refractivity contribution < 1.29 is 14.6 Å². The van der Waals surface area contributed by atoms with E-state index in [1.165, 1.54) is 11.1 Å². The highest BCUT2D eigenvalue weighted by atomic mass is 35.5. The maximum absolute atomic E-state index is 11.2. The van der Waals surface area contributed by atoms with Crippen molar-refractivity contribution in [1.29, 1.82) is 0 Å². The maximum Gasteiger partial charge on any atom is 0.407 e. The number of amides is 1. The van der Waals surface area contributed by atoms with Crippen LogP contribution in [0.15, 0.2) is 18.3 Å². The lowest BCUT2D eigenvalue weighted by Gasteiger charge is -2.47. The average molecular weight is 283 g/mol. The van der Waals surface area contributed by atoms with Crippen molar-refractivity contribution in [2.75, 3.05) is 6.54 Å². The van der Waals surface area contributed by atoms with Crippen molar-refractivity contribution in [2.24, 2.45) is 5.92 Å². The molecule has 102 valence electrons. The van der Waals surface area contributed by atoms with E-state index in [2.05, 4.69) is 4.98 Å². The van der Waals surface area contributed by atoms with Crippen LogP contribution in [0.25, 0.3) is 0 Å². The Hall–Kier alpha value is -1.49. The molecule has 1 saturated carbocycles. The molecule has 4 rings (SSSR count). The number of carbonyl (C=O) groups is 1. The molecule has 0 spiro atoms. The second-order valence-corrected chi connectivity index (χ2v) is 5.59. The number of aromatic nitrogens is 1. The zero-order valence-electron chi connectivity index (χ0n) is 10.3. The number of ether oxygens (including phenoxy) is 1. The average Bonchev–Trinajstić information content (AvgIpc) is 2.42. The van der Waals surface area contributed by atoms with Crippen molar-refractivity contribution in [2.45, 2.75) is 31.4 Å². The Morgan fingerprint density at radius 3 is 2.95 bits per heavy atom. The summed E-state index contributed by atoms with van der Waals surface area (Å²) in [5.74, 6) is 0.908. The number of hydrogen-bond acceptors (Lipinski definition) is 3. The maximum atomic E-state index is 11.2. The van der Waals surface area contributed by atoms with Gasteiger partial charge in [0.15, 0.2) is 0 Å². The molecular formula is C13H15ClN2O3. The molecule has 3 fully saturated rings. The molecule has 19 heavy (non-hydrogen) atoms. The molecule has 1 N–H and O–H groups in total. The van der Waals surface area contributed by atoms with Gasteiger partial charge in [0.2, 0.25) is 5.88 Å². The number of halogens is 1. The normalized spacial score (nSPS) is 29.3. The topological polar surface area (TPSA) is 62.7 Å². The van der Waals surface area contributed by atoms with Crippen LogP contribution in [0.2, 0.25) is 5.02 Å². The summed E-state index contributed by atoms with van der Waals surface area (Å²) < 4.78 is 5.85. The fourth-order valence-electron chi connectivity index (χ4n) is 3.07. The van der Waals surface area contributed by atoms with Crippen molar-refractivity contribution in [1.82, 2.24) is 9.88 Å². The number of hydrogen-bond donors (Lipinski definition) is 1. The number of fused-ring (bicyclic) bond motifs is 3. The fourth-order valence-corrected chi connectivity index (χ4v) is 3.18. The summed E-state index contributed by atoms with van der Waals surface area (Å²) >= 11 is 5.78. The molecule has 1 aliphatic carbocycles. The zero-order chi connectivity index (χ0) is 13.4. The third kappa shape index (κ3) is 2.47. The van der Waals surface area contributed by atoms with Gasteiger partial charge in [-0.15, -0.1) is 0 Å². The molecule has 2 saturated heterocycles. The minimum absolute atomic E-state index is 0.0556. The summed E-state index contributed by atoms with van der Waals surface area (Å²) in [5, 5.41) is 9.78. The van der Waals surface area contributed by atoms with Gasteiger partial charge in [-0.2, -0.15) is 0 Å². The first kappa shape index (κ1) is 12.5. The first-order chi connectivity index (χ1) is 9.13. The van der Waals surface area contributed by atoms with Gasteiger partial charge in [-0.25, -0.2) is 9.78 Å². The van der Waals surface area contributed by atoms with Crippen LogP contribution in [0.5, 0.6) is 5.88 Å². The molecule has 3 heterocycles. The number of pyridine rings is 1. The molecule has 1 aromatic heterocycles. The van der Waals surface area contributed by atoms with Gasteiger partial charge in [-0.3, -0.25) is 0 Å². The Balaban J connectivity index is 1.74. The Bertz CT molecular complexity index is 479. The molecule has 0 radical (unpaired) electrons. The lowest BCUT2D eigenvalue weighted by Crippen LogP contribution is -2.59. The summed E-state index contributed by atoms with van der Waals surface area (Å²) in [5.41, 5.74) is 0. The molecule has 5 nitrogen and oxygen atoms in total. The van der Waals surface area contributed by atoms with Gasteiger partial charge in [0.1, 0.15) is 6.10 Å². The van der Waals surface area contributed by atoms with E-state index in [1.807, 2.05) is 0 Å². The van der Waals surface area contributed by atoms with Crippen LogP contribution in [0, 0.1) is 5.92 Å². The molecule has 3 atom stereocenters. The third-order valence-corrected chi connectivity index (χ3v) is 4.16. The Labute approximate surface area is 116 Å². The molecule has 2 aliphatic heterocycles. The van der Waals surface area contributed by atoms with Gasteiger partial charge in [0, 0.05) is 18.8 Å². The standard InChI is InChI=1S/C13H15ClN2O3/c14-9-2-4-12(15-6-9)19-11-5-8-1-3-10(11)16(7-8)13(17)18/h2,4,6,8,10-11H,1,3,5,7H2,(H,17,18). The summed E-state index contributed by atoms with van der Waals surface area (Å²) in [6.45, 7) is 0.633. The van der Waals surface area contributed by atoms with Gasteiger partial charge in [0.05, 0.1) is 11.1 Å². The van der Waals surface area contributed by atoms with Crippen molar-refractivity contribution in [3.8, 4) is 5.88 Å². The number of piperidine rings is 2. The first-order valence-electron chi connectivity index (χ1n) is 6.41. The van der Waals surface area contributed by atoms with E-state index >= 15 is 0 Å². The highest BCUT2D eigenvalue weighted by Gasteiger charge is 2.44. The largest absolute Gasteiger partial charge is 0.472 e. The van der Waals surface area contributed by atoms with Crippen molar-refractivity contribution in [3.63, 3.8) is 0 Å². The highest BCUT2D eigenvalue weighted by molar-refractivity contribution is 6.30. The van der Waals surface area contributed by atoms with E-state index in [9.17, 15) is 9.90 Å². The van der Waals surface area contributed by atoms with E-state index in [0.717, 1.165) is 19.3 Å². The van der Waals surface area contributed by atoms with E-state index in [0.29, 0.717) is 23.4 Å². The van der Waals surface area contributed by atoms with Gasteiger partial charge < -0.3 is 14.7 Å². The van der Waals surface area contributed by atoms with E-state index in [-0.39, 0.29) is 12.1 Å². The molecular weight excluding hydrogens is 268 g/mol.